The largest absolute Gasteiger partial charge is 0.447 e. The average molecular weight is 439 g/mol. The van der Waals surface area contributed by atoms with Crippen molar-refractivity contribution in [2.24, 2.45) is 5.92 Å². The van der Waals surface area contributed by atoms with Crippen molar-refractivity contribution in [3.05, 3.63) is 34.9 Å². The fourth-order valence-electron chi connectivity index (χ4n) is 4.07. The molecule has 0 atom stereocenters. The standard InChI is InChI=1S/C22H34N2O5S/c1-17(2)29-22(25)23-10-6-18(7-11-23)9-13-28-16-19-4-5-21-15-24(30(3,26)27)12-8-20(21)14-19/h4-5,14,17-18H,6-13,15-16H2,1-3H3. The molecule has 2 aliphatic rings. The first-order chi connectivity index (χ1) is 14.2. The average Bonchev–Trinajstić information content (AvgIpc) is 2.70. The molecule has 1 fully saturated rings. The van der Waals surface area contributed by atoms with Gasteiger partial charge in [0.1, 0.15) is 0 Å². The van der Waals surface area contributed by atoms with E-state index in [9.17, 15) is 13.2 Å². The summed E-state index contributed by atoms with van der Waals surface area (Å²) in [7, 11) is -3.14. The van der Waals surface area contributed by atoms with Gasteiger partial charge in [-0.3, -0.25) is 0 Å². The minimum absolute atomic E-state index is 0.0779. The highest BCUT2D eigenvalue weighted by Gasteiger charge is 2.25. The molecule has 0 bridgehead atoms. The van der Waals surface area contributed by atoms with Crippen LogP contribution in [0.1, 0.15) is 49.8 Å². The number of carbonyl (C=O) groups is 1. The number of hydrogen-bond donors (Lipinski definition) is 0. The molecule has 1 saturated heterocycles. The lowest BCUT2D eigenvalue weighted by Crippen LogP contribution is -2.39. The maximum Gasteiger partial charge on any atom is 0.410 e. The smallest absolute Gasteiger partial charge is 0.410 e. The molecule has 1 amide bonds. The van der Waals surface area contributed by atoms with Gasteiger partial charge in [-0.1, -0.05) is 18.2 Å². The van der Waals surface area contributed by atoms with E-state index in [2.05, 4.69) is 6.07 Å². The van der Waals surface area contributed by atoms with Gasteiger partial charge in [0.15, 0.2) is 0 Å². The van der Waals surface area contributed by atoms with E-state index < -0.39 is 10.0 Å². The van der Waals surface area contributed by atoms with Crippen LogP contribution in [-0.4, -0.2) is 62.3 Å². The third kappa shape index (κ3) is 6.43. The van der Waals surface area contributed by atoms with E-state index in [1.54, 1.807) is 4.90 Å². The predicted molar refractivity (Wildman–Crippen MR) is 116 cm³/mol. The summed E-state index contributed by atoms with van der Waals surface area (Å²) in [6.07, 6.45) is 4.72. The van der Waals surface area contributed by atoms with Crippen LogP contribution in [0.15, 0.2) is 18.2 Å². The first-order valence-corrected chi connectivity index (χ1v) is 12.7. The molecule has 7 nitrogen and oxygen atoms in total. The van der Waals surface area contributed by atoms with Gasteiger partial charge in [0.25, 0.3) is 0 Å². The molecule has 8 heteroatoms. The van der Waals surface area contributed by atoms with Crippen molar-refractivity contribution in [2.75, 3.05) is 32.5 Å². The molecule has 1 aromatic carbocycles. The number of piperidine rings is 1. The molecule has 2 heterocycles. The molecule has 2 aliphatic heterocycles. The van der Waals surface area contributed by atoms with Gasteiger partial charge in [0, 0.05) is 32.8 Å². The second-order valence-corrected chi connectivity index (χ2v) is 10.6. The second-order valence-electron chi connectivity index (χ2n) is 8.65. The van der Waals surface area contributed by atoms with Crippen molar-refractivity contribution in [1.29, 1.82) is 0 Å². The van der Waals surface area contributed by atoms with Crippen LogP contribution >= 0.6 is 0 Å². The number of sulfonamides is 1. The van der Waals surface area contributed by atoms with Gasteiger partial charge >= 0.3 is 6.09 Å². The Morgan fingerprint density at radius 2 is 1.90 bits per heavy atom. The van der Waals surface area contributed by atoms with Crippen LogP contribution in [0.2, 0.25) is 0 Å². The van der Waals surface area contributed by atoms with Crippen molar-refractivity contribution < 1.29 is 22.7 Å². The second kappa shape index (κ2) is 10.1. The lowest BCUT2D eigenvalue weighted by Gasteiger charge is -2.31. The first-order valence-electron chi connectivity index (χ1n) is 10.8. The van der Waals surface area contributed by atoms with Crippen molar-refractivity contribution >= 4 is 16.1 Å². The lowest BCUT2D eigenvalue weighted by molar-refractivity contribution is 0.0582. The highest BCUT2D eigenvalue weighted by atomic mass is 32.2. The van der Waals surface area contributed by atoms with Crippen LogP contribution in [0, 0.1) is 5.92 Å². The number of benzene rings is 1. The third-order valence-corrected chi connectivity index (χ3v) is 7.12. The first kappa shape index (κ1) is 23.0. The van der Waals surface area contributed by atoms with Crippen LogP contribution in [-0.2, 0) is 39.1 Å². The maximum atomic E-state index is 11.9. The van der Waals surface area contributed by atoms with E-state index >= 15 is 0 Å². The minimum Gasteiger partial charge on any atom is -0.447 e. The summed E-state index contributed by atoms with van der Waals surface area (Å²) in [6, 6.07) is 6.20. The van der Waals surface area contributed by atoms with Crippen LogP contribution in [0.4, 0.5) is 4.79 Å². The number of hydrogen-bond acceptors (Lipinski definition) is 5. The molecule has 0 unspecified atom stereocenters. The Bertz CT molecular complexity index is 832. The lowest BCUT2D eigenvalue weighted by atomic mass is 9.94. The van der Waals surface area contributed by atoms with Gasteiger partial charge in [-0.05, 0) is 62.1 Å². The summed E-state index contributed by atoms with van der Waals surface area (Å²) >= 11 is 0. The number of ether oxygens (including phenoxy) is 2. The van der Waals surface area contributed by atoms with E-state index in [1.807, 2.05) is 26.0 Å². The Balaban J connectivity index is 1.37. The molecule has 30 heavy (non-hydrogen) atoms. The molecule has 0 aliphatic carbocycles. The molecular weight excluding hydrogens is 404 g/mol. The van der Waals surface area contributed by atoms with Crippen LogP contribution in [0.3, 0.4) is 0 Å². The molecule has 1 aromatic rings. The molecule has 168 valence electrons. The summed E-state index contributed by atoms with van der Waals surface area (Å²) in [5.74, 6) is 0.582. The molecular formula is C22H34N2O5S. The number of fused-ring (bicyclic) bond motifs is 1. The Morgan fingerprint density at radius 1 is 1.17 bits per heavy atom. The number of carbonyl (C=O) groups excluding carboxylic acids is 1. The van der Waals surface area contributed by atoms with Crippen LogP contribution < -0.4 is 0 Å². The van der Waals surface area contributed by atoms with Gasteiger partial charge < -0.3 is 14.4 Å². The normalized spacial score (nSPS) is 18.5. The van der Waals surface area contributed by atoms with Crippen LogP contribution in [0.5, 0.6) is 0 Å². The zero-order chi connectivity index (χ0) is 21.7. The van der Waals surface area contributed by atoms with Gasteiger partial charge in [0.05, 0.1) is 19.0 Å². The molecule has 0 radical (unpaired) electrons. The molecule has 0 aromatic heterocycles. The maximum absolute atomic E-state index is 11.9. The van der Waals surface area contributed by atoms with Crippen molar-refractivity contribution in [1.82, 2.24) is 9.21 Å². The number of likely N-dealkylation sites (tertiary alicyclic amines) is 1. The van der Waals surface area contributed by atoms with Gasteiger partial charge in [-0.25, -0.2) is 13.2 Å². The predicted octanol–water partition coefficient (Wildman–Crippen LogP) is 3.17. The summed E-state index contributed by atoms with van der Waals surface area (Å²) in [5.41, 5.74) is 3.43. The van der Waals surface area contributed by atoms with Gasteiger partial charge in [-0.15, -0.1) is 0 Å². The van der Waals surface area contributed by atoms with E-state index in [0.717, 1.165) is 49.9 Å². The molecule has 0 spiro atoms. The van der Waals surface area contributed by atoms with E-state index in [0.29, 0.717) is 32.2 Å². The highest BCUT2D eigenvalue weighted by molar-refractivity contribution is 7.88. The molecule has 3 rings (SSSR count). The number of rotatable bonds is 7. The van der Waals surface area contributed by atoms with E-state index in [4.69, 9.17) is 9.47 Å². The highest BCUT2D eigenvalue weighted by Crippen LogP contribution is 2.24. The van der Waals surface area contributed by atoms with E-state index in [-0.39, 0.29) is 12.2 Å². The monoisotopic (exact) mass is 438 g/mol. The topological polar surface area (TPSA) is 76.2 Å². The number of amides is 1. The van der Waals surface area contributed by atoms with E-state index in [1.165, 1.54) is 16.1 Å². The third-order valence-electron chi connectivity index (χ3n) is 5.87. The fraction of sp³-hybridized carbons (Fsp3) is 0.682. The van der Waals surface area contributed by atoms with Crippen LogP contribution in [0.25, 0.3) is 0 Å². The summed E-state index contributed by atoms with van der Waals surface area (Å²) in [4.78, 5) is 13.7. The Labute approximate surface area is 180 Å². The van der Waals surface area contributed by atoms with Gasteiger partial charge in [0.2, 0.25) is 10.0 Å². The Kier molecular flexibility index (Phi) is 7.76. The molecule has 0 saturated carbocycles. The van der Waals surface area contributed by atoms with Crippen molar-refractivity contribution in [2.45, 2.75) is 58.8 Å². The summed E-state index contributed by atoms with van der Waals surface area (Å²) < 4.78 is 36.2. The fourth-order valence-corrected chi connectivity index (χ4v) is 4.87. The minimum atomic E-state index is -3.14. The van der Waals surface area contributed by atoms with Crippen molar-refractivity contribution in [3.8, 4) is 0 Å². The zero-order valence-electron chi connectivity index (χ0n) is 18.3. The van der Waals surface area contributed by atoms with Gasteiger partial charge in [-0.2, -0.15) is 4.31 Å². The Hall–Kier alpha value is -1.64. The quantitative estimate of drug-likeness (QED) is 0.611. The summed E-state index contributed by atoms with van der Waals surface area (Å²) in [5, 5.41) is 0. The number of nitrogens with zero attached hydrogens (tertiary/aromatic N) is 2. The zero-order valence-corrected chi connectivity index (χ0v) is 19.1. The summed E-state index contributed by atoms with van der Waals surface area (Å²) in [6.45, 7) is 7.53. The SMILES string of the molecule is CC(C)OC(=O)N1CCC(CCOCc2ccc3c(c2)CCN(S(C)(=O)=O)C3)CC1. The molecule has 0 N–H and O–H groups in total. The van der Waals surface area contributed by atoms with Crippen molar-refractivity contribution in [3.63, 3.8) is 0 Å². The Morgan fingerprint density at radius 3 is 2.57 bits per heavy atom.